The molecule has 1 aliphatic heterocycles. The van der Waals surface area contributed by atoms with Crippen LogP contribution in [0, 0.1) is 0 Å². The molecular formula is C22H28N2O3S2. The zero-order valence-electron chi connectivity index (χ0n) is 16.6. The van der Waals surface area contributed by atoms with Gasteiger partial charge in [-0.15, -0.1) is 11.3 Å². The molecule has 0 bridgehead atoms. The molecule has 1 aliphatic carbocycles. The number of sulfonamides is 1. The number of hydrogen-bond donors (Lipinski definition) is 1. The van der Waals surface area contributed by atoms with Crippen LogP contribution in [0.25, 0.3) is 0 Å². The van der Waals surface area contributed by atoms with Crippen LogP contribution in [0.4, 0.5) is 0 Å². The summed E-state index contributed by atoms with van der Waals surface area (Å²) in [6.45, 7) is 1.61. The number of carbonyl (C=O) groups is 1. The summed E-state index contributed by atoms with van der Waals surface area (Å²) in [5.41, 5.74) is 1.20. The normalized spacial score (nSPS) is 19.9. The lowest BCUT2D eigenvalue weighted by molar-refractivity contribution is 0.0944. The Morgan fingerprint density at radius 2 is 1.69 bits per heavy atom. The van der Waals surface area contributed by atoms with Gasteiger partial charge in [0.25, 0.3) is 5.91 Å². The minimum atomic E-state index is -3.62. The molecule has 1 N–H and O–H groups in total. The molecule has 0 radical (unpaired) electrons. The highest BCUT2D eigenvalue weighted by molar-refractivity contribution is 7.89. The molecular weight excluding hydrogens is 404 g/mol. The van der Waals surface area contributed by atoms with E-state index in [0.717, 1.165) is 44.9 Å². The molecule has 29 heavy (non-hydrogen) atoms. The maximum atomic E-state index is 13.1. The molecule has 0 atom stereocenters. The Balaban J connectivity index is 1.52. The third-order valence-corrected chi connectivity index (χ3v) is 9.29. The molecule has 156 valence electrons. The van der Waals surface area contributed by atoms with E-state index in [2.05, 4.69) is 17.4 Å². The highest BCUT2D eigenvalue weighted by atomic mass is 32.2. The summed E-state index contributed by atoms with van der Waals surface area (Å²) >= 11 is 1.21. The van der Waals surface area contributed by atoms with Crippen molar-refractivity contribution in [2.24, 2.45) is 0 Å². The number of benzene rings is 1. The monoisotopic (exact) mass is 432 g/mol. The molecule has 1 saturated heterocycles. The molecule has 1 amide bonds. The van der Waals surface area contributed by atoms with Gasteiger partial charge in [0, 0.05) is 25.0 Å². The lowest BCUT2D eigenvalue weighted by Gasteiger charge is -2.30. The highest BCUT2D eigenvalue weighted by Crippen LogP contribution is 2.40. The van der Waals surface area contributed by atoms with Crippen molar-refractivity contribution in [3.8, 4) is 0 Å². The second-order valence-corrected chi connectivity index (χ2v) is 10.9. The summed E-state index contributed by atoms with van der Waals surface area (Å²) in [5, 5.41) is 4.77. The second-order valence-electron chi connectivity index (χ2n) is 8.11. The predicted molar refractivity (Wildman–Crippen MR) is 116 cm³/mol. The van der Waals surface area contributed by atoms with Gasteiger partial charge in [0.05, 0.1) is 0 Å². The Morgan fingerprint density at radius 3 is 2.38 bits per heavy atom. The number of thiophene rings is 1. The Morgan fingerprint density at radius 1 is 1.00 bits per heavy atom. The molecule has 2 fully saturated rings. The fraction of sp³-hybridized carbons (Fsp3) is 0.500. The van der Waals surface area contributed by atoms with E-state index < -0.39 is 10.0 Å². The van der Waals surface area contributed by atoms with E-state index in [0.29, 0.717) is 24.5 Å². The third kappa shape index (κ3) is 4.13. The first-order chi connectivity index (χ1) is 14.0. The third-order valence-electron chi connectivity index (χ3n) is 6.30. The van der Waals surface area contributed by atoms with E-state index >= 15 is 0 Å². The topological polar surface area (TPSA) is 66.5 Å². The van der Waals surface area contributed by atoms with E-state index in [1.807, 2.05) is 18.2 Å². The van der Waals surface area contributed by atoms with E-state index in [9.17, 15) is 13.2 Å². The SMILES string of the molecule is O=C(NCC1(c2ccccc2)CCCC1)c1sccc1S(=O)(=O)N1CCCCC1. The van der Waals surface area contributed by atoms with Crippen LogP contribution in [0.1, 0.15) is 60.2 Å². The van der Waals surface area contributed by atoms with Crippen molar-refractivity contribution in [2.75, 3.05) is 19.6 Å². The highest BCUT2D eigenvalue weighted by Gasteiger charge is 2.37. The van der Waals surface area contributed by atoms with Gasteiger partial charge in [0.15, 0.2) is 0 Å². The maximum Gasteiger partial charge on any atom is 0.262 e. The molecule has 2 heterocycles. The number of hydrogen-bond acceptors (Lipinski definition) is 4. The standard InChI is InChI=1S/C22H28N2O3S2/c25-21(23-17-22(12-5-6-13-22)18-9-3-1-4-10-18)20-19(11-16-28-20)29(26,27)24-14-7-2-8-15-24/h1,3-4,9-11,16H,2,5-8,12-15,17H2,(H,23,25). The summed E-state index contributed by atoms with van der Waals surface area (Å²) in [4.78, 5) is 13.5. The van der Waals surface area contributed by atoms with Gasteiger partial charge in [-0.05, 0) is 42.7 Å². The fourth-order valence-corrected chi connectivity index (χ4v) is 7.49. The average Bonchev–Trinajstić information content (AvgIpc) is 3.44. The van der Waals surface area contributed by atoms with Crippen LogP contribution in [0.3, 0.4) is 0 Å². The van der Waals surface area contributed by atoms with Crippen LogP contribution in [-0.2, 0) is 15.4 Å². The Kier molecular flexibility index (Phi) is 6.08. The zero-order chi connectivity index (χ0) is 20.3. The summed E-state index contributed by atoms with van der Waals surface area (Å²) < 4.78 is 27.7. The maximum absolute atomic E-state index is 13.1. The zero-order valence-corrected chi connectivity index (χ0v) is 18.2. The number of nitrogens with zero attached hydrogens (tertiary/aromatic N) is 1. The van der Waals surface area contributed by atoms with Crippen LogP contribution in [0.15, 0.2) is 46.7 Å². The summed E-state index contributed by atoms with van der Waals surface area (Å²) in [7, 11) is -3.62. The minimum Gasteiger partial charge on any atom is -0.350 e. The van der Waals surface area contributed by atoms with Crippen molar-refractivity contribution in [1.82, 2.24) is 9.62 Å². The van der Waals surface area contributed by atoms with Gasteiger partial charge in [0.2, 0.25) is 10.0 Å². The lowest BCUT2D eigenvalue weighted by Crippen LogP contribution is -2.40. The molecule has 4 rings (SSSR count). The van der Waals surface area contributed by atoms with Gasteiger partial charge in [-0.3, -0.25) is 4.79 Å². The van der Waals surface area contributed by atoms with Crippen molar-refractivity contribution < 1.29 is 13.2 Å². The number of carbonyl (C=O) groups excluding carboxylic acids is 1. The van der Waals surface area contributed by atoms with E-state index in [1.165, 1.54) is 21.2 Å². The molecule has 1 aromatic carbocycles. The van der Waals surface area contributed by atoms with Crippen molar-refractivity contribution in [3.05, 3.63) is 52.2 Å². The van der Waals surface area contributed by atoms with E-state index in [-0.39, 0.29) is 16.2 Å². The smallest absolute Gasteiger partial charge is 0.262 e. The summed E-state index contributed by atoms with van der Waals surface area (Å²) in [5.74, 6) is -0.280. The molecule has 1 aromatic heterocycles. The first-order valence-electron chi connectivity index (χ1n) is 10.4. The first kappa shape index (κ1) is 20.6. The molecule has 7 heteroatoms. The van der Waals surface area contributed by atoms with Crippen LogP contribution in [-0.4, -0.2) is 38.3 Å². The molecule has 0 spiro atoms. The van der Waals surface area contributed by atoms with Gasteiger partial charge < -0.3 is 5.32 Å². The fourth-order valence-electron chi connectivity index (χ4n) is 4.65. The summed E-state index contributed by atoms with van der Waals surface area (Å²) in [6, 6.07) is 11.9. The van der Waals surface area contributed by atoms with Gasteiger partial charge in [0.1, 0.15) is 9.77 Å². The van der Waals surface area contributed by atoms with Gasteiger partial charge in [-0.1, -0.05) is 49.6 Å². The summed E-state index contributed by atoms with van der Waals surface area (Å²) in [6.07, 6.45) is 7.21. The number of nitrogens with one attached hydrogen (secondary N) is 1. The Hall–Kier alpha value is -1.70. The molecule has 5 nitrogen and oxygen atoms in total. The quantitative estimate of drug-likeness (QED) is 0.745. The van der Waals surface area contributed by atoms with Crippen molar-refractivity contribution in [1.29, 1.82) is 0 Å². The van der Waals surface area contributed by atoms with Crippen molar-refractivity contribution in [3.63, 3.8) is 0 Å². The Labute approximate surface area is 177 Å². The molecule has 1 saturated carbocycles. The minimum absolute atomic E-state index is 0.0555. The van der Waals surface area contributed by atoms with Crippen LogP contribution in [0.5, 0.6) is 0 Å². The van der Waals surface area contributed by atoms with Gasteiger partial charge in [-0.2, -0.15) is 4.31 Å². The second kappa shape index (κ2) is 8.58. The predicted octanol–water partition coefficient (Wildman–Crippen LogP) is 4.16. The lowest BCUT2D eigenvalue weighted by atomic mass is 9.79. The van der Waals surface area contributed by atoms with Crippen LogP contribution >= 0.6 is 11.3 Å². The van der Waals surface area contributed by atoms with Gasteiger partial charge >= 0.3 is 0 Å². The molecule has 2 aromatic rings. The average molecular weight is 433 g/mol. The van der Waals surface area contributed by atoms with Crippen molar-refractivity contribution >= 4 is 27.3 Å². The van der Waals surface area contributed by atoms with Gasteiger partial charge in [-0.25, -0.2) is 8.42 Å². The van der Waals surface area contributed by atoms with E-state index in [1.54, 1.807) is 11.4 Å². The largest absolute Gasteiger partial charge is 0.350 e. The number of amides is 1. The van der Waals surface area contributed by atoms with Crippen LogP contribution in [0.2, 0.25) is 0 Å². The molecule has 2 aliphatic rings. The van der Waals surface area contributed by atoms with E-state index in [4.69, 9.17) is 0 Å². The van der Waals surface area contributed by atoms with Crippen molar-refractivity contribution in [2.45, 2.75) is 55.3 Å². The number of rotatable bonds is 6. The first-order valence-corrected chi connectivity index (χ1v) is 12.8. The van der Waals surface area contributed by atoms with Crippen LogP contribution < -0.4 is 5.32 Å². The number of piperidine rings is 1. The molecule has 0 unspecified atom stereocenters. The Bertz CT molecular complexity index is 941.